The minimum atomic E-state index is -0.701. The fourth-order valence-electron chi connectivity index (χ4n) is 5.04. The number of fused-ring (bicyclic) bond motifs is 2. The van der Waals surface area contributed by atoms with Gasteiger partial charge in [0.05, 0.1) is 6.04 Å². The van der Waals surface area contributed by atoms with Gasteiger partial charge in [-0.2, -0.15) is 0 Å². The van der Waals surface area contributed by atoms with Crippen LogP contribution in [0.3, 0.4) is 0 Å². The lowest BCUT2D eigenvalue weighted by atomic mass is 9.95. The molecule has 186 valence electrons. The molecule has 35 heavy (non-hydrogen) atoms. The van der Waals surface area contributed by atoms with Crippen LogP contribution in [-0.2, 0) is 16.0 Å². The molecule has 0 saturated carbocycles. The smallest absolute Gasteiger partial charge is 0.313 e. The van der Waals surface area contributed by atoms with Gasteiger partial charge in [-0.15, -0.1) is 0 Å². The molecular formula is C26H33N5O4. The molecule has 3 aliphatic heterocycles. The Morgan fingerprint density at radius 1 is 0.943 bits per heavy atom. The number of carbonyl (C=O) groups excluding carboxylic acids is 2. The first-order chi connectivity index (χ1) is 17.0. The van der Waals surface area contributed by atoms with Crippen molar-refractivity contribution in [2.75, 3.05) is 70.4 Å². The monoisotopic (exact) mass is 479 g/mol. The number of rotatable bonds is 5. The number of carbonyl (C=O) groups is 2. The largest absolute Gasteiger partial charge is 0.454 e. The van der Waals surface area contributed by atoms with Gasteiger partial charge in [0.15, 0.2) is 11.5 Å². The number of likely N-dealkylation sites (N-methyl/N-ethyl adjacent to an activating group) is 1. The van der Waals surface area contributed by atoms with Crippen molar-refractivity contribution in [1.29, 1.82) is 0 Å². The molecule has 0 radical (unpaired) electrons. The number of hydrogen-bond acceptors (Lipinski definition) is 7. The van der Waals surface area contributed by atoms with Crippen LogP contribution >= 0.6 is 0 Å². The lowest BCUT2D eigenvalue weighted by molar-refractivity contribution is -0.136. The molecule has 1 saturated heterocycles. The molecule has 5 rings (SSSR count). The zero-order valence-corrected chi connectivity index (χ0v) is 20.4. The maximum atomic E-state index is 12.7. The number of aryl methyl sites for hydroxylation is 1. The zero-order valence-electron chi connectivity index (χ0n) is 20.4. The maximum Gasteiger partial charge on any atom is 0.313 e. The van der Waals surface area contributed by atoms with E-state index in [-0.39, 0.29) is 12.8 Å². The molecule has 2 aromatic carbocycles. The van der Waals surface area contributed by atoms with E-state index in [1.54, 1.807) is 18.2 Å². The Morgan fingerprint density at radius 2 is 1.74 bits per heavy atom. The highest BCUT2D eigenvalue weighted by molar-refractivity contribution is 6.39. The second kappa shape index (κ2) is 10.1. The number of anilines is 2. The summed E-state index contributed by atoms with van der Waals surface area (Å²) in [5.74, 6) is -0.178. The highest BCUT2D eigenvalue weighted by Crippen LogP contribution is 2.34. The van der Waals surface area contributed by atoms with Crippen LogP contribution in [-0.4, -0.2) is 81.8 Å². The minimum absolute atomic E-state index is 0.00326. The fraction of sp³-hybridized carbons (Fsp3) is 0.462. The molecule has 3 heterocycles. The Hall–Kier alpha value is -3.30. The first-order valence-electron chi connectivity index (χ1n) is 12.2. The van der Waals surface area contributed by atoms with E-state index in [2.05, 4.69) is 57.6 Å². The van der Waals surface area contributed by atoms with Crippen molar-refractivity contribution in [3.8, 4) is 11.5 Å². The molecule has 9 heteroatoms. The molecule has 9 nitrogen and oxygen atoms in total. The van der Waals surface area contributed by atoms with Gasteiger partial charge in [-0.3, -0.25) is 14.5 Å². The van der Waals surface area contributed by atoms with Gasteiger partial charge in [-0.05, 0) is 49.2 Å². The van der Waals surface area contributed by atoms with E-state index in [0.717, 1.165) is 45.6 Å². The Labute approximate surface area is 206 Å². The van der Waals surface area contributed by atoms with Gasteiger partial charge in [-0.1, -0.05) is 12.1 Å². The minimum Gasteiger partial charge on any atom is -0.454 e. The number of nitrogens with one attached hydrogen (secondary N) is 2. The summed E-state index contributed by atoms with van der Waals surface area (Å²) in [5, 5.41) is 5.53. The molecule has 1 fully saturated rings. The third-order valence-corrected chi connectivity index (χ3v) is 7.11. The first-order valence-corrected chi connectivity index (χ1v) is 12.2. The van der Waals surface area contributed by atoms with E-state index in [0.29, 0.717) is 23.7 Å². The summed E-state index contributed by atoms with van der Waals surface area (Å²) in [6.45, 7) is 5.37. The third kappa shape index (κ3) is 5.21. The Balaban J connectivity index is 1.27. The average molecular weight is 480 g/mol. The van der Waals surface area contributed by atoms with Crippen molar-refractivity contribution in [2.24, 2.45) is 0 Å². The van der Waals surface area contributed by atoms with E-state index < -0.39 is 11.8 Å². The Kier molecular flexibility index (Phi) is 6.79. The van der Waals surface area contributed by atoms with Crippen molar-refractivity contribution in [3.05, 3.63) is 47.5 Å². The molecule has 0 unspecified atom stereocenters. The molecule has 0 aliphatic carbocycles. The summed E-state index contributed by atoms with van der Waals surface area (Å²) in [4.78, 5) is 32.3. The molecule has 2 N–H and O–H groups in total. The van der Waals surface area contributed by atoms with Crippen LogP contribution in [0.2, 0.25) is 0 Å². The Morgan fingerprint density at radius 3 is 2.57 bits per heavy atom. The van der Waals surface area contributed by atoms with Gasteiger partial charge in [0, 0.05) is 63.8 Å². The quantitative estimate of drug-likeness (QED) is 0.633. The molecule has 3 aliphatic rings. The highest BCUT2D eigenvalue weighted by Gasteiger charge is 2.27. The SMILES string of the molecule is CN1CCN([C@@H](CNC(=O)C(=O)Nc2ccc3c(c2)OCO3)c2ccc3c(c2)CCCN3C)CC1. The van der Waals surface area contributed by atoms with Crippen LogP contribution < -0.4 is 25.0 Å². The zero-order chi connectivity index (χ0) is 24.4. The molecule has 2 aromatic rings. The molecular weight excluding hydrogens is 446 g/mol. The normalized spacial score (nSPS) is 18.6. The lowest BCUT2D eigenvalue weighted by Crippen LogP contribution is -2.49. The van der Waals surface area contributed by atoms with Crippen LogP contribution in [0, 0.1) is 0 Å². The summed E-state index contributed by atoms with van der Waals surface area (Å²) >= 11 is 0. The van der Waals surface area contributed by atoms with Gasteiger partial charge < -0.3 is 29.9 Å². The van der Waals surface area contributed by atoms with E-state index in [1.165, 1.54) is 16.8 Å². The molecule has 0 aromatic heterocycles. The van der Waals surface area contributed by atoms with Gasteiger partial charge in [0.1, 0.15) is 0 Å². The number of piperazine rings is 1. The van der Waals surface area contributed by atoms with Gasteiger partial charge >= 0.3 is 11.8 Å². The summed E-state index contributed by atoms with van der Waals surface area (Å²) in [7, 11) is 4.26. The van der Waals surface area contributed by atoms with Crippen molar-refractivity contribution in [3.63, 3.8) is 0 Å². The van der Waals surface area contributed by atoms with E-state index in [4.69, 9.17) is 9.47 Å². The lowest BCUT2D eigenvalue weighted by Gasteiger charge is -2.39. The number of amides is 2. The topological polar surface area (TPSA) is 86.4 Å². The Bertz CT molecular complexity index is 1100. The second-order valence-corrected chi connectivity index (χ2v) is 9.50. The predicted octanol–water partition coefficient (Wildman–Crippen LogP) is 1.84. The standard InChI is InChI=1S/C26H33N5O4/c1-29-10-12-31(13-11-29)22(19-5-7-21-18(14-19)4-3-9-30(21)2)16-27-25(32)26(33)28-20-6-8-23-24(15-20)35-17-34-23/h5-8,14-15,22H,3-4,9-13,16-17H2,1-2H3,(H,27,32)(H,28,33)/t22-/m0/s1. The number of nitrogens with zero attached hydrogens (tertiary/aromatic N) is 3. The van der Waals surface area contributed by atoms with Crippen LogP contribution in [0.4, 0.5) is 11.4 Å². The van der Waals surface area contributed by atoms with Crippen LogP contribution in [0.15, 0.2) is 36.4 Å². The molecule has 2 amide bonds. The third-order valence-electron chi connectivity index (χ3n) is 7.11. The van der Waals surface area contributed by atoms with Crippen molar-refractivity contribution >= 4 is 23.2 Å². The van der Waals surface area contributed by atoms with Crippen LogP contribution in [0.25, 0.3) is 0 Å². The molecule has 1 atom stereocenters. The average Bonchev–Trinajstić information content (AvgIpc) is 3.33. The molecule has 0 bridgehead atoms. The van der Waals surface area contributed by atoms with Gasteiger partial charge in [0.2, 0.25) is 6.79 Å². The predicted molar refractivity (Wildman–Crippen MR) is 134 cm³/mol. The summed E-state index contributed by atoms with van der Waals surface area (Å²) in [6.07, 6.45) is 2.20. The fourth-order valence-corrected chi connectivity index (χ4v) is 5.04. The number of hydrogen-bond donors (Lipinski definition) is 2. The van der Waals surface area contributed by atoms with Crippen molar-refractivity contribution < 1.29 is 19.1 Å². The van der Waals surface area contributed by atoms with E-state index in [1.807, 2.05) is 0 Å². The number of ether oxygens (including phenoxy) is 2. The van der Waals surface area contributed by atoms with Crippen LogP contribution in [0.5, 0.6) is 11.5 Å². The summed E-state index contributed by atoms with van der Waals surface area (Å²) in [5.41, 5.74) is 4.30. The van der Waals surface area contributed by atoms with E-state index in [9.17, 15) is 9.59 Å². The maximum absolute atomic E-state index is 12.7. The second-order valence-electron chi connectivity index (χ2n) is 9.50. The van der Waals surface area contributed by atoms with Gasteiger partial charge in [-0.25, -0.2) is 0 Å². The number of benzene rings is 2. The summed E-state index contributed by atoms with van der Waals surface area (Å²) in [6, 6.07) is 11.7. The summed E-state index contributed by atoms with van der Waals surface area (Å²) < 4.78 is 10.6. The van der Waals surface area contributed by atoms with Crippen molar-refractivity contribution in [1.82, 2.24) is 15.1 Å². The van der Waals surface area contributed by atoms with Crippen LogP contribution in [0.1, 0.15) is 23.6 Å². The first kappa shape index (κ1) is 23.4. The van der Waals surface area contributed by atoms with Gasteiger partial charge in [0.25, 0.3) is 0 Å². The van der Waals surface area contributed by atoms with E-state index >= 15 is 0 Å². The molecule has 0 spiro atoms. The van der Waals surface area contributed by atoms with Crippen molar-refractivity contribution in [2.45, 2.75) is 18.9 Å². The highest BCUT2D eigenvalue weighted by atomic mass is 16.7.